The molecule has 31 heavy (non-hydrogen) atoms. The van der Waals surface area contributed by atoms with E-state index in [1.165, 1.54) is 4.90 Å². The highest BCUT2D eigenvalue weighted by atomic mass is 35.5. The summed E-state index contributed by atoms with van der Waals surface area (Å²) < 4.78 is 6.84. The maximum atomic E-state index is 13.1. The minimum atomic E-state index is -0.668. The summed E-state index contributed by atoms with van der Waals surface area (Å²) in [4.78, 5) is 27.4. The number of halogens is 3. The van der Waals surface area contributed by atoms with E-state index in [0.29, 0.717) is 58.3 Å². The van der Waals surface area contributed by atoms with Gasteiger partial charge in [-0.2, -0.15) is 5.10 Å². The molecule has 160 valence electrons. The number of benzene rings is 2. The smallest absolute Gasteiger partial charge is 0.296 e. The predicted octanol–water partition coefficient (Wildman–Crippen LogP) is 4.85. The zero-order chi connectivity index (χ0) is 22.1. The number of hydrogen-bond donors (Lipinski definition) is 0. The van der Waals surface area contributed by atoms with Gasteiger partial charge in [-0.25, -0.2) is 4.68 Å². The summed E-state index contributed by atoms with van der Waals surface area (Å²) in [5.74, 6) is -1.26. The van der Waals surface area contributed by atoms with Crippen molar-refractivity contribution in [3.63, 3.8) is 0 Å². The van der Waals surface area contributed by atoms with Gasteiger partial charge in [0.15, 0.2) is 0 Å². The minimum absolute atomic E-state index is 0.0764. The van der Waals surface area contributed by atoms with Crippen molar-refractivity contribution in [3.05, 3.63) is 68.8 Å². The number of rotatable bonds is 4. The van der Waals surface area contributed by atoms with Crippen LogP contribution in [0.3, 0.4) is 0 Å². The van der Waals surface area contributed by atoms with Crippen molar-refractivity contribution in [1.82, 2.24) is 14.7 Å². The van der Waals surface area contributed by atoms with E-state index in [9.17, 15) is 9.59 Å². The first-order valence-corrected chi connectivity index (χ1v) is 10.7. The largest absolute Gasteiger partial charge is 0.378 e. The van der Waals surface area contributed by atoms with Crippen LogP contribution in [-0.4, -0.2) is 52.7 Å². The van der Waals surface area contributed by atoms with E-state index in [4.69, 9.17) is 39.5 Å². The van der Waals surface area contributed by atoms with Crippen molar-refractivity contribution in [1.29, 1.82) is 0 Å². The lowest BCUT2D eigenvalue weighted by Crippen LogP contribution is -2.44. The Labute approximate surface area is 194 Å². The number of aromatic nitrogens is 2. The van der Waals surface area contributed by atoms with Gasteiger partial charge in [-0.3, -0.25) is 9.59 Å². The first-order valence-electron chi connectivity index (χ1n) is 9.59. The molecule has 1 fully saturated rings. The Morgan fingerprint density at radius 3 is 2.26 bits per heavy atom. The molecule has 0 radical (unpaired) electrons. The van der Waals surface area contributed by atoms with Gasteiger partial charge in [-0.05, 0) is 37.3 Å². The van der Waals surface area contributed by atoms with Gasteiger partial charge < -0.3 is 9.64 Å². The van der Waals surface area contributed by atoms with Gasteiger partial charge >= 0.3 is 0 Å². The zero-order valence-corrected chi connectivity index (χ0v) is 18.8. The number of amides is 1. The summed E-state index contributed by atoms with van der Waals surface area (Å²) in [6.45, 7) is 3.32. The molecule has 1 aliphatic rings. The highest BCUT2D eigenvalue weighted by molar-refractivity contribution is 6.42. The van der Waals surface area contributed by atoms with Crippen LogP contribution in [0.4, 0.5) is 0 Å². The lowest BCUT2D eigenvalue weighted by atomic mass is 10.0. The van der Waals surface area contributed by atoms with Gasteiger partial charge in [0.1, 0.15) is 5.69 Å². The molecule has 1 saturated heterocycles. The molecule has 1 aliphatic heterocycles. The molecule has 9 heteroatoms. The SMILES string of the molecule is Cc1c(C(=O)C(=O)N2CCOCC2)nn(-c2ccc(Cl)cc2Cl)c1-c1ccc(Cl)cc1. The van der Waals surface area contributed by atoms with Crippen LogP contribution in [0.25, 0.3) is 16.9 Å². The molecule has 0 bridgehead atoms. The van der Waals surface area contributed by atoms with E-state index >= 15 is 0 Å². The van der Waals surface area contributed by atoms with Crippen molar-refractivity contribution in [2.75, 3.05) is 26.3 Å². The topological polar surface area (TPSA) is 64.4 Å². The van der Waals surface area contributed by atoms with Crippen molar-refractivity contribution >= 4 is 46.5 Å². The molecular formula is C22H18Cl3N3O3. The number of ether oxygens (including phenoxy) is 1. The Kier molecular flexibility index (Phi) is 6.34. The van der Waals surface area contributed by atoms with Crippen LogP contribution < -0.4 is 0 Å². The molecule has 0 N–H and O–H groups in total. The van der Waals surface area contributed by atoms with Crippen LogP contribution in [0.1, 0.15) is 16.1 Å². The molecule has 3 aromatic rings. The molecule has 0 saturated carbocycles. The molecule has 1 amide bonds. The number of Topliss-reactive ketones (excluding diaryl/α,β-unsaturated/α-hetero) is 1. The molecule has 1 aromatic heterocycles. The van der Waals surface area contributed by atoms with Crippen LogP contribution in [0.5, 0.6) is 0 Å². The maximum Gasteiger partial charge on any atom is 0.296 e. The summed E-state index contributed by atoms with van der Waals surface area (Å²) >= 11 is 18.5. The van der Waals surface area contributed by atoms with Crippen LogP contribution in [0, 0.1) is 6.92 Å². The highest BCUT2D eigenvalue weighted by Crippen LogP contribution is 2.33. The summed E-state index contributed by atoms with van der Waals surface area (Å²) in [5.41, 5.74) is 2.60. The van der Waals surface area contributed by atoms with Crippen LogP contribution in [0.15, 0.2) is 42.5 Å². The predicted molar refractivity (Wildman–Crippen MR) is 120 cm³/mol. The first kappa shape index (κ1) is 21.8. The van der Waals surface area contributed by atoms with Gasteiger partial charge in [0.2, 0.25) is 0 Å². The monoisotopic (exact) mass is 477 g/mol. The Bertz CT molecular complexity index is 1150. The number of hydrogen-bond acceptors (Lipinski definition) is 4. The Morgan fingerprint density at radius 2 is 1.61 bits per heavy atom. The Balaban J connectivity index is 1.84. The van der Waals surface area contributed by atoms with Gasteiger partial charge in [0.05, 0.1) is 29.6 Å². The third-order valence-corrected chi connectivity index (χ3v) is 5.88. The highest BCUT2D eigenvalue weighted by Gasteiger charge is 2.31. The fourth-order valence-corrected chi connectivity index (χ4v) is 4.11. The molecule has 2 heterocycles. The van der Waals surface area contributed by atoms with Crippen molar-refractivity contribution < 1.29 is 14.3 Å². The van der Waals surface area contributed by atoms with Gasteiger partial charge in [-0.15, -0.1) is 0 Å². The van der Waals surface area contributed by atoms with E-state index < -0.39 is 11.7 Å². The average Bonchev–Trinajstić information content (AvgIpc) is 3.10. The lowest BCUT2D eigenvalue weighted by molar-refractivity contribution is -0.130. The second-order valence-electron chi connectivity index (χ2n) is 7.07. The van der Waals surface area contributed by atoms with E-state index in [2.05, 4.69) is 5.10 Å². The Morgan fingerprint density at radius 1 is 0.968 bits per heavy atom. The number of carbonyl (C=O) groups excluding carboxylic acids is 2. The number of nitrogens with zero attached hydrogens (tertiary/aromatic N) is 3. The van der Waals surface area contributed by atoms with Crippen molar-refractivity contribution in [2.24, 2.45) is 0 Å². The molecular weight excluding hydrogens is 461 g/mol. The Hall–Kier alpha value is -2.38. The molecule has 0 unspecified atom stereocenters. The number of ketones is 1. The second kappa shape index (κ2) is 9.01. The normalized spacial score (nSPS) is 14.0. The fraction of sp³-hybridized carbons (Fsp3) is 0.227. The van der Waals surface area contributed by atoms with Gasteiger partial charge in [0, 0.05) is 34.3 Å². The third-order valence-electron chi connectivity index (χ3n) is 5.09. The molecule has 0 spiro atoms. The number of carbonyl (C=O) groups is 2. The summed E-state index contributed by atoms with van der Waals surface area (Å²) in [6, 6.07) is 12.1. The molecule has 2 aromatic carbocycles. The van der Waals surface area contributed by atoms with Gasteiger partial charge in [-0.1, -0.05) is 46.9 Å². The van der Waals surface area contributed by atoms with Crippen molar-refractivity contribution in [2.45, 2.75) is 6.92 Å². The summed E-state index contributed by atoms with van der Waals surface area (Å²) in [6.07, 6.45) is 0. The van der Waals surface area contributed by atoms with E-state index in [0.717, 1.165) is 5.56 Å². The average molecular weight is 479 g/mol. The fourth-order valence-electron chi connectivity index (χ4n) is 3.50. The minimum Gasteiger partial charge on any atom is -0.378 e. The summed E-state index contributed by atoms with van der Waals surface area (Å²) in [5, 5.41) is 5.93. The molecule has 6 nitrogen and oxygen atoms in total. The zero-order valence-electron chi connectivity index (χ0n) is 16.6. The van der Waals surface area contributed by atoms with Crippen LogP contribution >= 0.6 is 34.8 Å². The van der Waals surface area contributed by atoms with E-state index in [-0.39, 0.29) is 5.69 Å². The first-order chi connectivity index (χ1) is 14.9. The van der Waals surface area contributed by atoms with Crippen molar-refractivity contribution in [3.8, 4) is 16.9 Å². The molecule has 0 aliphatic carbocycles. The van der Waals surface area contributed by atoms with E-state index in [1.54, 1.807) is 41.9 Å². The van der Waals surface area contributed by atoms with Crippen LogP contribution in [-0.2, 0) is 9.53 Å². The second-order valence-corrected chi connectivity index (χ2v) is 8.35. The lowest BCUT2D eigenvalue weighted by Gasteiger charge is -2.25. The van der Waals surface area contributed by atoms with E-state index in [1.807, 2.05) is 12.1 Å². The molecule has 0 atom stereocenters. The molecule has 4 rings (SSSR count). The van der Waals surface area contributed by atoms with Gasteiger partial charge in [0.25, 0.3) is 11.7 Å². The standard InChI is InChI=1S/C22H18Cl3N3O3/c1-13-19(21(29)22(30)27-8-10-31-11-9-27)26-28(18-7-6-16(24)12-17(18)25)20(13)14-2-4-15(23)5-3-14/h2-7,12H,8-11H2,1H3. The maximum absolute atomic E-state index is 13.1. The van der Waals surface area contributed by atoms with Crippen LogP contribution in [0.2, 0.25) is 15.1 Å². The number of morpholine rings is 1. The third kappa shape index (κ3) is 4.34. The quantitative estimate of drug-likeness (QED) is 0.397. The summed E-state index contributed by atoms with van der Waals surface area (Å²) in [7, 11) is 0.